The molecule has 0 radical (unpaired) electrons. The largest absolute Gasteiger partial charge is 0.389 e. The van der Waals surface area contributed by atoms with Gasteiger partial charge < -0.3 is 19.3 Å². The van der Waals surface area contributed by atoms with Gasteiger partial charge in [-0.1, -0.05) is 18.2 Å². The van der Waals surface area contributed by atoms with Crippen molar-refractivity contribution < 1.29 is 14.6 Å². The Morgan fingerprint density at radius 2 is 2.15 bits per heavy atom. The molecule has 2 rings (SSSR count). The summed E-state index contributed by atoms with van der Waals surface area (Å²) in [4.78, 5) is 14.0. The Kier molecular flexibility index (Phi) is 4.42. The number of benzene rings is 1. The smallest absolute Gasteiger partial charge is 0.255 e. The van der Waals surface area contributed by atoms with Crippen LogP contribution in [0.2, 0.25) is 0 Å². The van der Waals surface area contributed by atoms with Gasteiger partial charge in [0.05, 0.1) is 18.3 Å². The van der Waals surface area contributed by atoms with Crippen molar-refractivity contribution in [2.75, 3.05) is 27.3 Å². The van der Waals surface area contributed by atoms with Gasteiger partial charge in [-0.15, -0.1) is 0 Å². The van der Waals surface area contributed by atoms with Crippen molar-refractivity contribution in [3.05, 3.63) is 36.0 Å². The normalized spacial score (nSPS) is 12.6. The number of nitrogens with zero attached hydrogens (tertiary/aromatic N) is 2. The van der Waals surface area contributed by atoms with Gasteiger partial charge in [0.15, 0.2) is 0 Å². The minimum atomic E-state index is -0.677. The fourth-order valence-corrected chi connectivity index (χ4v) is 2.36. The van der Waals surface area contributed by atoms with Crippen LogP contribution >= 0.6 is 0 Å². The lowest BCUT2D eigenvalue weighted by atomic mass is 10.1. The van der Waals surface area contributed by atoms with Crippen LogP contribution < -0.4 is 0 Å². The van der Waals surface area contributed by atoms with Crippen LogP contribution in [0, 0.1) is 0 Å². The van der Waals surface area contributed by atoms with Crippen LogP contribution in [0.15, 0.2) is 30.5 Å². The van der Waals surface area contributed by atoms with E-state index in [4.69, 9.17) is 4.74 Å². The summed E-state index contributed by atoms with van der Waals surface area (Å²) < 4.78 is 6.80. The van der Waals surface area contributed by atoms with Crippen LogP contribution in [0.3, 0.4) is 0 Å². The molecule has 20 heavy (non-hydrogen) atoms. The molecule has 0 fully saturated rings. The van der Waals surface area contributed by atoms with Crippen molar-refractivity contribution in [2.45, 2.75) is 6.10 Å². The molecular formula is C15H20N2O3. The Labute approximate surface area is 118 Å². The number of aliphatic hydroxyl groups excluding tert-OH is 1. The number of amides is 1. The number of ether oxygens (including phenoxy) is 1. The Morgan fingerprint density at radius 1 is 1.45 bits per heavy atom. The van der Waals surface area contributed by atoms with Gasteiger partial charge >= 0.3 is 0 Å². The zero-order valence-corrected chi connectivity index (χ0v) is 12.0. The Morgan fingerprint density at radius 3 is 2.85 bits per heavy atom. The van der Waals surface area contributed by atoms with E-state index in [0.717, 1.165) is 10.9 Å². The number of carbonyl (C=O) groups is 1. The van der Waals surface area contributed by atoms with E-state index in [0.29, 0.717) is 5.56 Å². The van der Waals surface area contributed by atoms with Gasteiger partial charge in [0.2, 0.25) is 0 Å². The molecule has 0 aliphatic heterocycles. The third-order valence-electron chi connectivity index (χ3n) is 3.32. The van der Waals surface area contributed by atoms with Gasteiger partial charge in [-0.25, -0.2) is 0 Å². The second-order valence-corrected chi connectivity index (χ2v) is 4.97. The van der Waals surface area contributed by atoms with E-state index in [9.17, 15) is 9.90 Å². The molecule has 1 unspecified atom stereocenters. The van der Waals surface area contributed by atoms with E-state index in [2.05, 4.69) is 0 Å². The van der Waals surface area contributed by atoms with Gasteiger partial charge in [-0.3, -0.25) is 4.79 Å². The number of likely N-dealkylation sites (N-methyl/N-ethyl adjacent to an activating group) is 1. The minimum absolute atomic E-state index is 0.100. The average Bonchev–Trinajstić information content (AvgIpc) is 2.76. The molecule has 1 N–H and O–H groups in total. The molecule has 0 bridgehead atoms. The highest BCUT2D eigenvalue weighted by Crippen LogP contribution is 2.21. The first kappa shape index (κ1) is 14.6. The molecule has 1 amide bonds. The summed E-state index contributed by atoms with van der Waals surface area (Å²) in [6.45, 7) is 0.461. The standard InChI is InChI=1S/C15H20N2O3/c1-16-9-13(12-6-4-5-7-14(12)16)15(19)17(2)8-11(18)10-20-3/h4-7,9,11,18H,8,10H2,1-3H3. The number of fused-ring (bicyclic) bond motifs is 1. The van der Waals surface area contributed by atoms with Gasteiger partial charge in [0, 0.05) is 44.8 Å². The zero-order valence-electron chi connectivity index (χ0n) is 12.0. The van der Waals surface area contributed by atoms with Gasteiger partial charge in [0.25, 0.3) is 5.91 Å². The van der Waals surface area contributed by atoms with Crippen molar-refractivity contribution in [1.29, 1.82) is 0 Å². The van der Waals surface area contributed by atoms with Gasteiger partial charge in [0.1, 0.15) is 0 Å². The number of methoxy groups -OCH3 is 1. The van der Waals surface area contributed by atoms with E-state index in [1.807, 2.05) is 42.1 Å². The Bertz CT molecular complexity index is 606. The lowest BCUT2D eigenvalue weighted by molar-refractivity contribution is 0.0381. The first-order valence-corrected chi connectivity index (χ1v) is 6.51. The highest BCUT2D eigenvalue weighted by molar-refractivity contribution is 6.06. The van der Waals surface area contributed by atoms with E-state index >= 15 is 0 Å². The first-order chi connectivity index (χ1) is 9.54. The lowest BCUT2D eigenvalue weighted by Crippen LogP contribution is -2.36. The molecule has 0 aliphatic rings. The summed E-state index contributed by atoms with van der Waals surface area (Å²) in [6.07, 6.45) is 1.15. The summed E-state index contributed by atoms with van der Waals surface area (Å²) in [5.41, 5.74) is 1.66. The molecule has 5 heteroatoms. The number of aryl methyl sites for hydroxylation is 1. The van der Waals surface area contributed by atoms with E-state index < -0.39 is 6.10 Å². The number of para-hydroxylation sites is 1. The fourth-order valence-electron chi connectivity index (χ4n) is 2.36. The summed E-state index contributed by atoms with van der Waals surface area (Å²) in [6, 6.07) is 7.77. The molecule has 0 saturated carbocycles. The highest BCUT2D eigenvalue weighted by Gasteiger charge is 2.19. The first-order valence-electron chi connectivity index (χ1n) is 6.51. The maximum atomic E-state index is 12.5. The summed E-state index contributed by atoms with van der Waals surface area (Å²) in [7, 11) is 5.12. The molecule has 5 nitrogen and oxygen atoms in total. The monoisotopic (exact) mass is 276 g/mol. The average molecular weight is 276 g/mol. The molecule has 1 atom stereocenters. The third-order valence-corrected chi connectivity index (χ3v) is 3.32. The van der Waals surface area contributed by atoms with Crippen molar-refractivity contribution >= 4 is 16.8 Å². The molecule has 2 aromatic rings. The Hall–Kier alpha value is -1.85. The number of carbonyl (C=O) groups excluding carboxylic acids is 1. The lowest BCUT2D eigenvalue weighted by Gasteiger charge is -2.20. The van der Waals surface area contributed by atoms with Crippen LogP contribution in [0.5, 0.6) is 0 Å². The third kappa shape index (κ3) is 2.84. The second kappa shape index (κ2) is 6.07. The van der Waals surface area contributed by atoms with Gasteiger partial charge in [-0.05, 0) is 6.07 Å². The molecule has 1 aromatic heterocycles. The molecule has 1 heterocycles. The topological polar surface area (TPSA) is 54.7 Å². The van der Waals surface area contributed by atoms with Crippen LogP contribution in [-0.2, 0) is 11.8 Å². The molecule has 108 valence electrons. The van der Waals surface area contributed by atoms with Crippen LogP contribution in [0.25, 0.3) is 10.9 Å². The van der Waals surface area contributed by atoms with Crippen molar-refractivity contribution in [2.24, 2.45) is 7.05 Å². The van der Waals surface area contributed by atoms with Crippen LogP contribution in [-0.4, -0.2) is 53.9 Å². The number of aliphatic hydroxyl groups is 1. The highest BCUT2D eigenvalue weighted by atomic mass is 16.5. The Balaban J connectivity index is 2.23. The van der Waals surface area contributed by atoms with E-state index in [1.54, 1.807) is 7.05 Å². The second-order valence-electron chi connectivity index (χ2n) is 4.97. The zero-order chi connectivity index (χ0) is 14.7. The number of hydrogen-bond donors (Lipinski definition) is 1. The molecular weight excluding hydrogens is 256 g/mol. The van der Waals surface area contributed by atoms with Crippen molar-refractivity contribution in [1.82, 2.24) is 9.47 Å². The maximum absolute atomic E-state index is 12.5. The van der Waals surface area contributed by atoms with Crippen LogP contribution in [0.4, 0.5) is 0 Å². The molecule has 0 saturated heterocycles. The maximum Gasteiger partial charge on any atom is 0.255 e. The number of hydrogen-bond acceptors (Lipinski definition) is 3. The van der Waals surface area contributed by atoms with E-state index in [-0.39, 0.29) is 19.1 Å². The number of aromatic nitrogens is 1. The molecule has 0 spiro atoms. The van der Waals surface area contributed by atoms with Crippen molar-refractivity contribution in [3.63, 3.8) is 0 Å². The summed E-state index contributed by atoms with van der Waals surface area (Å²) >= 11 is 0. The van der Waals surface area contributed by atoms with Crippen LogP contribution in [0.1, 0.15) is 10.4 Å². The molecule has 1 aromatic carbocycles. The minimum Gasteiger partial charge on any atom is -0.389 e. The van der Waals surface area contributed by atoms with Crippen molar-refractivity contribution in [3.8, 4) is 0 Å². The summed E-state index contributed by atoms with van der Waals surface area (Å²) in [5, 5.41) is 10.6. The fraction of sp³-hybridized carbons (Fsp3) is 0.400. The van der Waals surface area contributed by atoms with E-state index in [1.165, 1.54) is 12.0 Å². The predicted molar refractivity (Wildman–Crippen MR) is 77.8 cm³/mol. The number of rotatable bonds is 5. The SMILES string of the molecule is COCC(O)CN(C)C(=O)c1cn(C)c2ccccc12. The summed E-state index contributed by atoms with van der Waals surface area (Å²) in [5.74, 6) is -0.100. The predicted octanol–water partition coefficient (Wildman–Crippen LogP) is 1.26. The molecule has 0 aliphatic carbocycles. The quantitative estimate of drug-likeness (QED) is 0.894. The van der Waals surface area contributed by atoms with Gasteiger partial charge in [-0.2, -0.15) is 0 Å².